The van der Waals surface area contributed by atoms with Crippen LogP contribution in [0, 0.1) is 0 Å². The molecule has 1 aromatic heterocycles. The summed E-state index contributed by atoms with van der Waals surface area (Å²) in [6.07, 6.45) is 0. The van der Waals surface area contributed by atoms with E-state index in [1.807, 2.05) is 30.3 Å². The predicted molar refractivity (Wildman–Crippen MR) is 124 cm³/mol. The molecule has 4 rings (SSSR count). The van der Waals surface area contributed by atoms with Gasteiger partial charge in [-0.3, -0.25) is 4.79 Å². The molecule has 156 valence electrons. The van der Waals surface area contributed by atoms with Gasteiger partial charge in [0, 0.05) is 11.4 Å². The molecule has 0 bridgehead atoms. The van der Waals surface area contributed by atoms with E-state index in [1.165, 1.54) is 23.5 Å². The van der Waals surface area contributed by atoms with E-state index < -0.39 is 10.0 Å². The van der Waals surface area contributed by atoms with Crippen LogP contribution in [0.4, 0.5) is 0 Å². The summed E-state index contributed by atoms with van der Waals surface area (Å²) in [6, 6.07) is 28.3. The van der Waals surface area contributed by atoms with Crippen molar-refractivity contribution >= 4 is 27.3 Å². The lowest BCUT2D eigenvalue weighted by molar-refractivity contribution is 0.0955. The fourth-order valence-electron chi connectivity index (χ4n) is 3.14. The van der Waals surface area contributed by atoms with Crippen LogP contribution in [0.3, 0.4) is 0 Å². The molecule has 3 aromatic carbocycles. The number of amides is 1. The normalized spacial score (nSPS) is 11.3. The SMILES string of the molecule is NS(=O)(=O)c1ccc(CNC(=O)c2ccc(-c3ccc(-c4ccccc4)cc3)s2)cc1. The number of carbonyl (C=O) groups is 1. The largest absolute Gasteiger partial charge is 0.347 e. The highest BCUT2D eigenvalue weighted by molar-refractivity contribution is 7.89. The Hall–Kier alpha value is -3.26. The van der Waals surface area contributed by atoms with Crippen LogP contribution in [0.1, 0.15) is 15.2 Å². The maximum Gasteiger partial charge on any atom is 0.261 e. The zero-order valence-electron chi connectivity index (χ0n) is 16.5. The summed E-state index contributed by atoms with van der Waals surface area (Å²) < 4.78 is 22.6. The summed E-state index contributed by atoms with van der Waals surface area (Å²) in [5, 5.41) is 7.96. The maximum absolute atomic E-state index is 12.5. The first-order chi connectivity index (χ1) is 14.9. The average Bonchev–Trinajstić information content (AvgIpc) is 3.28. The minimum Gasteiger partial charge on any atom is -0.347 e. The van der Waals surface area contributed by atoms with Crippen molar-refractivity contribution in [2.24, 2.45) is 5.14 Å². The molecule has 1 amide bonds. The van der Waals surface area contributed by atoms with Crippen LogP contribution in [0.2, 0.25) is 0 Å². The van der Waals surface area contributed by atoms with Gasteiger partial charge in [-0.15, -0.1) is 11.3 Å². The van der Waals surface area contributed by atoms with Crippen molar-refractivity contribution in [1.82, 2.24) is 5.32 Å². The maximum atomic E-state index is 12.5. The molecule has 0 spiro atoms. The summed E-state index contributed by atoms with van der Waals surface area (Å²) in [7, 11) is -3.72. The monoisotopic (exact) mass is 448 g/mol. The Kier molecular flexibility index (Phi) is 5.99. The molecule has 7 heteroatoms. The van der Waals surface area contributed by atoms with E-state index in [2.05, 4.69) is 41.7 Å². The van der Waals surface area contributed by atoms with Crippen molar-refractivity contribution in [2.45, 2.75) is 11.4 Å². The lowest BCUT2D eigenvalue weighted by Gasteiger charge is -2.05. The summed E-state index contributed by atoms with van der Waals surface area (Å²) in [5.41, 5.74) is 4.15. The van der Waals surface area contributed by atoms with Crippen LogP contribution in [-0.4, -0.2) is 14.3 Å². The molecule has 1 heterocycles. The third kappa shape index (κ3) is 5.08. The van der Waals surface area contributed by atoms with E-state index in [4.69, 9.17) is 5.14 Å². The Bertz CT molecular complexity index is 1300. The molecule has 0 saturated heterocycles. The molecule has 5 nitrogen and oxygen atoms in total. The second-order valence-corrected chi connectivity index (χ2v) is 9.62. The number of sulfonamides is 1. The summed E-state index contributed by atoms with van der Waals surface area (Å²) >= 11 is 1.43. The topological polar surface area (TPSA) is 89.3 Å². The number of hydrogen-bond acceptors (Lipinski definition) is 4. The lowest BCUT2D eigenvalue weighted by atomic mass is 10.0. The zero-order valence-corrected chi connectivity index (χ0v) is 18.1. The van der Waals surface area contributed by atoms with Gasteiger partial charge in [0.1, 0.15) is 0 Å². The van der Waals surface area contributed by atoms with Crippen molar-refractivity contribution in [2.75, 3.05) is 0 Å². The number of rotatable bonds is 6. The highest BCUT2D eigenvalue weighted by Crippen LogP contribution is 2.30. The summed E-state index contributed by atoms with van der Waals surface area (Å²) in [6.45, 7) is 0.294. The van der Waals surface area contributed by atoms with Crippen LogP contribution < -0.4 is 10.5 Å². The molecule has 0 aliphatic carbocycles. The Labute approximate surface area is 185 Å². The van der Waals surface area contributed by atoms with Crippen LogP contribution in [0.25, 0.3) is 21.6 Å². The standard InChI is InChI=1S/C24H20N2O3S2/c25-31(28,29)21-12-6-17(7-13-21)16-26-24(27)23-15-14-22(30-23)20-10-8-19(9-11-20)18-4-2-1-3-5-18/h1-15H,16H2,(H,26,27)(H2,25,28,29). The Morgan fingerprint density at radius 1 is 0.774 bits per heavy atom. The minimum absolute atomic E-state index is 0.0451. The highest BCUT2D eigenvalue weighted by atomic mass is 32.2. The van der Waals surface area contributed by atoms with Gasteiger partial charge < -0.3 is 5.32 Å². The molecular formula is C24H20N2O3S2. The third-order valence-electron chi connectivity index (χ3n) is 4.81. The van der Waals surface area contributed by atoms with Gasteiger partial charge in [0.15, 0.2) is 0 Å². The molecule has 3 N–H and O–H groups in total. The highest BCUT2D eigenvalue weighted by Gasteiger charge is 2.11. The average molecular weight is 449 g/mol. The molecule has 4 aromatic rings. The van der Waals surface area contributed by atoms with E-state index in [9.17, 15) is 13.2 Å². The molecule has 0 aliphatic heterocycles. The van der Waals surface area contributed by atoms with Crippen LogP contribution >= 0.6 is 11.3 Å². The van der Waals surface area contributed by atoms with Gasteiger partial charge in [-0.25, -0.2) is 13.6 Å². The fourth-order valence-corrected chi connectivity index (χ4v) is 4.58. The number of hydrogen-bond donors (Lipinski definition) is 2. The van der Waals surface area contributed by atoms with Crippen molar-refractivity contribution in [3.8, 4) is 21.6 Å². The number of nitrogens with one attached hydrogen (secondary N) is 1. The van der Waals surface area contributed by atoms with E-state index in [0.717, 1.165) is 27.1 Å². The molecular weight excluding hydrogens is 428 g/mol. The van der Waals surface area contributed by atoms with Crippen molar-refractivity contribution in [1.29, 1.82) is 0 Å². The van der Waals surface area contributed by atoms with Crippen LogP contribution in [0.15, 0.2) is 95.9 Å². The second-order valence-electron chi connectivity index (χ2n) is 6.98. The van der Waals surface area contributed by atoms with Gasteiger partial charge in [-0.05, 0) is 46.5 Å². The van der Waals surface area contributed by atoms with Crippen molar-refractivity contribution < 1.29 is 13.2 Å². The second kappa shape index (κ2) is 8.85. The number of nitrogens with two attached hydrogens (primary N) is 1. The third-order valence-corrected chi connectivity index (χ3v) is 6.87. The molecule has 0 atom stereocenters. The van der Waals surface area contributed by atoms with E-state index in [1.54, 1.807) is 12.1 Å². The molecule has 0 unspecified atom stereocenters. The summed E-state index contributed by atoms with van der Waals surface area (Å²) in [5.74, 6) is -0.173. The van der Waals surface area contributed by atoms with E-state index in [-0.39, 0.29) is 10.8 Å². The van der Waals surface area contributed by atoms with Gasteiger partial charge in [-0.2, -0.15) is 0 Å². The van der Waals surface area contributed by atoms with E-state index in [0.29, 0.717) is 11.4 Å². The van der Waals surface area contributed by atoms with Crippen LogP contribution in [-0.2, 0) is 16.6 Å². The summed E-state index contributed by atoms with van der Waals surface area (Å²) in [4.78, 5) is 14.2. The molecule has 0 saturated carbocycles. The first kappa shape index (κ1) is 21.0. The number of thiophene rings is 1. The van der Waals surface area contributed by atoms with Crippen molar-refractivity contribution in [3.63, 3.8) is 0 Å². The fraction of sp³-hybridized carbons (Fsp3) is 0.0417. The molecule has 31 heavy (non-hydrogen) atoms. The van der Waals surface area contributed by atoms with Gasteiger partial charge in [0.2, 0.25) is 10.0 Å². The zero-order chi connectivity index (χ0) is 21.8. The molecule has 0 aliphatic rings. The van der Waals surface area contributed by atoms with E-state index >= 15 is 0 Å². The van der Waals surface area contributed by atoms with Gasteiger partial charge >= 0.3 is 0 Å². The van der Waals surface area contributed by atoms with Crippen molar-refractivity contribution in [3.05, 3.63) is 101 Å². The Morgan fingerprint density at radius 2 is 1.39 bits per heavy atom. The first-order valence-corrected chi connectivity index (χ1v) is 11.9. The quantitative estimate of drug-likeness (QED) is 0.450. The van der Waals surface area contributed by atoms with Gasteiger partial charge in [0.25, 0.3) is 5.91 Å². The number of benzene rings is 3. The smallest absolute Gasteiger partial charge is 0.261 e. The lowest BCUT2D eigenvalue weighted by Crippen LogP contribution is -2.21. The Balaban J connectivity index is 1.40. The Morgan fingerprint density at radius 3 is 2.03 bits per heavy atom. The molecule has 0 radical (unpaired) electrons. The van der Waals surface area contributed by atoms with Gasteiger partial charge in [-0.1, -0.05) is 66.7 Å². The first-order valence-electron chi connectivity index (χ1n) is 9.56. The number of carbonyl (C=O) groups excluding carboxylic acids is 1. The number of primary sulfonamides is 1. The minimum atomic E-state index is -3.72. The van der Waals surface area contributed by atoms with Gasteiger partial charge in [0.05, 0.1) is 9.77 Å². The predicted octanol–water partition coefficient (Wildman–Crippen LogP) is 4.66. The molecule has 0 fully saturated rings. The van der Waals surface area contributed by atoms with Crippen LogP contribution in [0.5, 0.6) is 0 Å².